The number of hydrogen-bond donors (Lipinski definition) is 0. The summed E-state index contributed by atoms with van der Waals surface area (Å²) in [5.41, 5.74) is 0.925. The first-order valence-electron chi connectivity index (χ1n) is 10.0. The van der Waals surface area contributed by atoms with Crippen LogP contribution < -0.4 is 0 Å². The van der Waals surface area contributed by atoms with Crippen molar-refractivity contribution in [2.24, 2.45) is 5.92 Å². The molecule has 0 N–H and O–H groups in total. The third-order valence-corrected chi connectivity index (χ3v) is 4.63. The Hall–Kier alpha value is -1.84. The van der Waals surface area contributed by atoms with E-state index in [9.17, 15) is 9.59 Å². The first-order chi connectivity index (χ1) is 12.6. The average Bonchev–Trinajstić information content (AvgIpc) is 2.66. The highest BCUT2D eigenvalue weighted by molar-refractivity contribution is 5.93. The Morgan fingerprint density at radius 3 is 1.85 bits per heavy atom. The summed E-state index contributed by atoms with van der Waals surface area (Å²) in [6.45, 7) is 7.33. The van der Waals surface area contributed by atoms with E-state index in [1.54, 1.807) is 24.3 Å². The van der Waals surface area contributed by atoms with Gasteiger partial charge in [-0.15, -0.1) is 0 Å². The van der Waals surface area contributed by atoms with E-state index in [1.165, 1.54) is 25.7 Å². The van der Waals surface area contributed by atoms with Crippen LogP contribution in [0.15, 0.2) is 24.3 Å². The topological polar surface area (TPSA) is 52.6 Å². The van der Waals surface area contributed by atoms with Gasteiger partial charge in [0.1, 0.15) is 0 Å². The van der Waals surface area contributed by atoms with Crippen LogP contribution >= 0.6 is 0 Å². The quantitative estimate of drug-likeness (QED) is 0.329. The van der Waals surface area contributed by atoms with Gasteiger partial charge in [-0.05, 0) is 43.0 Å². The van der Waals surface area contributed by atoms with Gasteiger partial charge in [-0.1, -0.05) is 59.3 Å². The highest BCUT2D eigenvalue weighted by Crippen LogP contribution is 2.11. The lowest BCUT2D eigenvalue weighted by Crippen LogP contribution is -2.10. The first-order valence-corrected chi connectivity index (χ1v) is 10.0. The Morgan fingerprint density at radius 1 is 0.808 bits per heavy atom. The molecule has 0 saturated heterocycles. The van der Waals surface area contributed by atoms with Crippen LogP contribution in [0.25, 0.3) is 0 Å². The molecule has 0 amide bonds. The molecule has 0 heterocycles. The molecule has 0 fully saturated rings. The standard InChI is InChI=1S/C22H34O4/c1-4-6-7-8-9-10-16-25-21(23)19-11-13-20(14-12-19)22(24)26-17-15-18(3)5-2/h11-14,18H,4-10,15-17H2,1-3H3. The number of unbranched alkanes of at least 4 members (excludes halogenated alkanes) is 5. The van der Waals surface area contributed by atoms with Gasteiger partial charge in [0.05, 0.1) is 24.3 Å². The van der Waals surface area contributed by atoms with Crippen LogP contribution in [0, 0.1) is 5.92 Å². The number of rotatable bonds is 13. The van der Waals surface area contributed by atoms with Gasteiger partial charge in [-0.25, -0.2) is 9.59 Å². The van der Waals surface area contributed by atoms with Crippen LogP contribution in [0.4, 0.5) is 0 Å². The summed E-state index contributed by atoms with van der Waals surface area (Å²) in [4.78, 5) is 24.0. The maximum atomic E-state index is 12.0. The number of benzene rings is 1. The lowest BCUT2D eigenvalue weighted by molar-refractivity contribution is 0.0475. The number of hydrogen-bond acceptors (Lipinski definition) is 4. The van der Waals surface area contributed by atoms with Crippen molar-refractivity contribution >= 4 is 11.9 Å². The van der Waals surface area contributed by atoms with Crippen LogP contribution in [0.1, 0.15) is 92.9 Å². The molecule has 0 saturated carbocycles. The zero-order valence-electron chi connectivity index (χ0n) is 16.6. The second-order valence-corrected chi connectivity index (χ2v) is 6.92. The number of ether oxygens (including phenoxy) is 2. The van der Waals surface area contributed by atoms with Gasteiger partial charge in [0.15, 0.2) is 0 Å². The van der Waals surface area contributed by atoms with E-state index in [0.717, 1.165) is 25.7 Å². The molecule has 0 bridgehead atoms. The fourth-order valence-corrected chi connectivity index (χ4v) is 2.51. The van der Waals surface area contributed by atoms with E-state index >= 15 is 0 Å². The molecule has 4 heteroatoms. The second-order valence-electron chi connectivity index (χ2n) is 6.92. The SMILES string of the molecule is CCCCCCCCOC(=O)c1ccc(C(=O)OCCC(C)CC)cc1. The van der Waals surface area contributed by atoms with E-state index in [4.69, 9.17) is 9.47 Å². The van der Waals surface area contributed by atoms with Crippen molar-refractivity contribution in [1.82, 2.24) is 0 Å². The van der Waals surface area contributed by atoms with Crippen LogP contribution in [0.5, 0.6) is 0 Å². The van der Waals surface area contributed by atoms with E-state index in [1.807, 2.05) is 0 Å². The maximum Gasteiger partial charge on any atom is 0.338 e. The smallest absolute Gasteiger partial charge is 0.338 e. The zero-order valence-corrected chi connectivity index (χ0v) is 16.6. The van der Waals surface area contributed by atoms with Crippen molar-refractivity contribution in [2.75, 3.05) is 13.2 Å². The van der Waals surface area contributed by atoms with E-state index in [0.29, 0.717) is 30.3 Å². The number of carbonyl (C=O) groups excluding carboxylic acids is 2. The minimum Gasteiger partial charge on any atom is -0.462 e. The van der Waals surface area contributed by atoms with Crippen LogP contribution in [0.2, 0.25) is 0 Å². The van der Waals surface area contributed by atoms with Gasteiger partial charge >= 0.3 is 11.9 Å². The maximum absolute atomic E-state index is 12.0. The predicted octanol–water partition coefficient (Wildman–Crippen LogP) is 5.80. The van der Waals surface area contributed by atoms with E-state index in [-0.39, 0.29) is 11.9 Å². The first kappa shape index (κ1) is 22.2. The second kappa shape index (κ2) is 13.4. The molecular weight excluding hydrogens is 328 g/mol. The largest absolute Gasteiger partial charge is 0.462 e. The van der Waals surface area contributed by atoms with Crippen molar-refractivity contribution in [2.45, 2.75) is 72.1 Å². The Labute approximate surface area is 158 Å². The Balaban J connectivity index is 2.30. The monoisotopic (exact) mass is 362 g/mol. The van der Waals surface area contributed by atoms with Crippen molar-refractivity contribution in [3.05, 3.63) is 35.4 Å². The lowest BCUT2D eigenvalue weighted by atomic mass is 10.1. The summed E-state index contributed by atoms with van der Waals surface area (Å²) in [7, 11) is 0. The van der Waals surface area contributed by atoms with Gasteiger partial charge < -0.3 is 9.47 Å². The van der Waals surface area contributed by atoms with E-state index in [2.05, 4.69) is 20.8 Å². The van der Waals surface area contributed by atoms with Crippen LogP contribution in [-0.4, -0.2) is 25.2 Å². The Bertz CT molecular complexity index is 521. The van der Waals surface area contributed by atoms with Gasteiger partial charge in [0, 0.05) is 0 Å². The highest BCUT2D eigenvalue weighted by Gasteiger charge is 2.11. The summed E-state index contributed by atoms with van der Waals surface area (Å²) in [5.74, 6) is -0.137. The molecule has 0 aliphatic carbocycles. The average molecular weight is 363 g/mol. The molecule has 146 valence electrons. The predicted molar refractivity (Wildman–Crippen MR) is 104 cm³/mol. The Morgan fingerprint density at radius 2 is 1.31 bits per heavy atom. The van der Waals surface area contributed by atoms with E-state index < -0.39 is 0 Å². The molecule has 1 aromatic rings. The fourth-order valence-electron chi connectivity index (χ4n) is 2.51. The summed E-state index contributed by atoms with van der Waals surface area (Å²) in [5, 5.41) is 0. The Kier molecular flexibility index (Phi) is 11.4. The zero-order chi connectivity index (χ0) is 19.2. The summed E-state index contributed by atoms with van der Waals surface area (Å²) in [6, 6.07) is 6.48. The van der Waals surface area contributed by atoms with Crippen LogP contribution in [0.3, 0.4) is 0 Å². The number of esters is 2. The van der Waals surface area contributed by atoms with Gasteiger partial charge in [0.2, 0.25) is 0 Å². The normalized spacial score (nSPS) is 11.8. The molecule has 0 aromatic heterocycles. The van der Waals surface area contributed by atoms with Gasteiger partial charge in [0.25, 0.3) is 0 Å². The molecule has 26 heavy (non-hydrogen) atoms. The van der Waals surface area contributed by atoms with Crippen molar-refractivity contribution in [3.63, 3.8) is 0 Å². The molecule has 0 aliphatic heterocycles. The lowest BCUT2D eigenvalue weighted by Gasteiger charge is -2.09. The summed E-state index contributed by atoms with van der Waals surface area (Å²) >= 11 is 0. The molecule has 0 radical (unpaired) electrons. The van der Waals surface area contributed by atoms with Crippen molar-refractivity contribution < 1.29 is 19.1 Å². The molecule has 1 atom stereocenters. The molecule has 4 nitrogen and oxygen atoms in total. The minimum absolute atomic E-state index is 0.338. The third-order valence-electron chi connectivity index (χ3n) is 4.63. The van der Waals surface area contributed by atoms with Gasteiger partial charge in [-0.3, -0.25) is 0 Å². The fraction of sp³-hybridized carbons (Fsp3) is 0.636. The molecule has 0 spiro atoms. The highest BCUT2D eigenvalue weighted by atomic mass is 16.5. The molecule has 1 unspecified atom stereocenters. The molecule has 1 rings (SSSR count). The van der Waals surface area contributed by atoms with Crippen molar-refractivity contribution in [3.8, 4) is 0 Å². The van der Waals surface area contributed by atoms with Crippen LogP contribution in [-0.2, 0) is 9.47 Å². The molecule has 0 aliphatic rings. The van der Waals surface area contributed by atoms with Gasteiger partial charge in [-0.2, -0.15) is 0 Å². The summed E-state index contributed by atoms with van der Waals surface area (Å²) < 4.78 is 10.5. The number of carbonyl (C=O) groups is 2. The van der Waals surface area contributed by atoms with Crippen molar-refractivity contribution in [1.29, 1.82) is 0 Å². The minimum atomic E-state index is -0.347. The molecular formula is C22H34O4. The summed E-state index contributed by atoms with van der Waals surface area (Å²) in [6.07, 6.45) is 8.88. The third kappa shape index (κ3) is 9.02. The molecule has 1 aromatic carbocycles.